The molecule has 5 nitrogen and oxygen atoms in total. The molecule has 2 aromatic heterocycles. The molecule has 1 aliphatic heterocycles. The summed E-state index contributed by atoms with van der Waals surface area (Å²) in [6.45, 7) is 5.14. The maximum absolute atomic E-state index is 12.5. The Morgan fingerprint density at radius 1 is 1.15 bits per heavy atom. The molecule has 0 bridgehead atoms. The second kappa shape index (κ2) is 7.88. The van der Waals surface area contributed by atoms with Crippen molar-refractivity contribution in [2.45, 2.75) is 13.3 Å². The Balaban J connectivity index is 1.42. The van der Waals surface area contributed by atoms with Crippen LogP contribution >= 0.6 is 11.3 Å². The number of fused-ring (bicyclic) bond motifs is 1. The SMILES string of the molecule is CCc1cc2c(N3CCN(C(=O)/C=C/c4ccccc4)CC3)ncnc2s1. The van der Waals surface area contributed by atoms with Gasteiger partial charge >= 0.3 is 0 Å². The van der Waals surface area contributed by atoms with E-state index < -0.39 is 0 Å². The van der Waals surface area contributed by atoms with E-state index in [0.717, 1.165) is 41.1 Å². The molecule has 0 spiro atoms. The van der Waals surface area contributed by atoms with Crippen molar-refractivity contribution in [3.63, 3.8) is 0 Å². The summed E-state index contributed by atoms with van der Waals surface area (Å²) in [4.78, 5) is 27.9. The molecule has 27 heavy (non-hydrogen) atoms. The van der Waals surface area contributed by atoms with Gasteiger partial charge in [-0.1, -0.05) is 37.3 Å². The minimum atomic E-state index is 0.0649. The van der Waals surface area contributed by atoms with E-state index in [1.807, 2.05) is 41.3 Å². The van der Waals surface area contributed by atoms with Gasteiger partial charge in [-0.05, 0) is 24.1 Å². The Labute approximate surface area is 163 Å². The van der Waals surface area contributed by atoms with Crippen LogP contribution in [0.4, 0.5) is 5.82 Å². The van der Waals surface area contributed by atoms with Gasteiger partial charge in [0.15, 0.2) is 0 Å². The molecule has 3 aromatic rings. The Bertz CT molecular complexity index is 959. The Morgan fingerprint density at radius 2 is 1.93 bits per heavy atom. The number of piperazine rings is 1. The molecular formula is C21H22N4OS. The van der Waals surface area contributed by atoms with E-state index in [9.17, 15) is 4.79 Å². The summed E-state index contributed by atoms with van der Waals surface area (Å²) in [5.41, 5.74) is 1.04. The Morgan fingerprint density at radius 3 is 2.67 bits per heavy atom. The van der Waals surface area contributed by atoms with E-state index in [2.05, 4.69) is 27.9 Å². The molecule has 0 saturated carbocycles. The zero-order valence-corrected chi connectivity index (χ0v) is 16.2. The lowest BCUT2D eigenvalue weighted by atomic mass is 10.2. The predicted molar refractivity (Wildman–Crippen MR) is 111 cm³/mol. The molecule has 1 amide bonds. The van der Waals surface area contributed by atoms with Gasteiger partial charge in [0.25, 0.3) is 0 Å². The zero-order chi connectivity index (χ0) is 18.6. The molecule has 1 aromatic carbocycles. The van der Waals surface area contributed by atoms with Crippen LogP contribution in [0.5, 0.6) is 0 Å². The van der Waals surface area contributed by atoms with Gasteiger partial charge in [-0.25, -0.2) is 9.97 Å². The van der Waals surface area contributed by atoms with Crippen molar-refractivity contribution >= 4 is 39.4 Å². The summed E-state index contributed by atoms with van der Waals surface area (Å²) >= 11 is 1.73. The lowest BCUT2D eigenvalue weighted by Crippen LogP contribution is -2.48. The molecule has 1 aliphatic rings. The van der Waals surface area contributed by atoms with Crippen LogP contribution in [0.1, 0.15) is 17.4 Å². The van der Waals surface area contributed by atoms with Crippen molar-refractivity contribution in [1.29, 1.82) is 0 Å². The van der Waals surface area contributed by atoms with Gasteiger partial charge in [-0.15, -0.1) is 11.3 Å². The lowest BCUT2D eigenvalue weighted by Gasteiger charge is -2.35. The van der Waals surface area contributed by atoms with Crippen LogP contribution in [0, 0.1) is 0 Å². The van der Waals surface area contributed by atoms with Crippen molar-refractivity contribution in [1.82, 2.24) is 14.9 Å². The number of carbonyl (C=O) groups is 1. The van der Waals surface area contributed by atoms with E-state index >= 15 is 0 Å². The third kappa shape index (κ3) is 3.85. The van der Waals surface area contributed by atoms with E-state index in [4.69, 9.17) is 0 Å². The first kappa shape index (κ1) is 17.7. The predicted octanol–water partition coefficient (Wildman–Crippen LogP) is 3.62. The first-order valence-corrected chi connectivity index (χ1v) is 10.1. The smallest absolute Gasteiger partial charge is 0.246 e. The van der Waals surface area contributed by atoms with Gasteiger partial charge < -0.3 is 9.80 Å². The third-order valence-corrected chi connectivity index (χ3v) is 6.00. The maximum atomic E-state index is 12.5. The minimum absolute atomic E-state index is 0.0649. The molecule has 4 rings (SSSR count). The van der Waals surface area contributed by atoms with E-state index in [-0.39, 0.29) is 5.91 Å². The number of benzene rings is 1. The van der Waals surface area contributed by atoms with Crippen LogP contribution in [0.3, 0.4) is 0 Å². The van der Waals surface area contributed by atoms with Crippen molar-refractivity contribution in [3.05, 3.63) is 59.2 Å². The van der Waals surface area contributed by atoms with E-state index in [0.29, 0.717) is 13.1 Å². The maximum Gasteiger partial charge on any atom is 0.246 e. The van der Waals surface area contributed by atoms with Crippen molar-refractivity contribution < 1.29 is 4.79 Å². The highest BCUT2D eigenvalue weighted by molar-refractivity contribution is 7.18. The number of thiophene rings is 1. The van der Waals surface area contributed by atoms with E-state index in [1.54, 1.807) is 23.7 Å². The van der Waals surface area contributed by atoms with Gasteiger partial charge in [0.1, 0.15) is 17.0 Å². The van der Waals surface area contributed by atoms with Crippen LogP contribution < -0.4 is 4.90 Å². The fourth-order valence-corrected chi connectivity index (χ4v) is 4.22. The molecule has 0 radical (unpaired) electrons. The second-order valence-corrected chi connectivity index (χ2v) is 7.65. The van der Waals surface area contributed by atoms with Crippen LogP contribution in [0.15, 0.2) is 48.8 Å². The summed E-state index contributed by atoms with van der Waals surface area (Å²) < 4.78 is 0. The van der Waals surface area contributed by atoms with Gasteiger partial charge in [0, 0.05) is 37.1 Å². The zero-order valence-electron chi connectivity index (χ0n) is 15.3. The first-order chi connectivity index (χ1) is 13.2. The molecule has 0 atom stereocenters. The van der Waals surface area contributed by atoms with Gasteiger partial charge in [0.2, 0.25) is 5.91 Å². The van der Waals surface area contributed by atoms with Crippen molar-refractivity contribution in [3.8, 4) is 0 Å². The third-order valence-electron chi connectivity index (χ3n) is 4.82. The quantitative estimate of drug-likeness (QED) is 0.651. The molecule has 3 heterocycles. The minimum Gasteiger partial charge on any atom is -0.352 e. The average Bonchev–Trinajstić information content (AvgIpc) is 3.16. The van der Waals surface area contributed by atoms with Gasteiger partial charge in [-0.2, -0.15) is 0 Å². The first-order valence-electron chi connectivity index (χ1n) is 9.25. The summed E-state index contributed by atoms with van der Waals surface area (Å²) in [5, 5.41) is 1.13. The van der Waals surface area contributed by atoms with Crippen LogP contribution in [0.2, 0.25) is 0 Å². The van der Waals surface area contributed by atoms with Crippen LogP contribution in [0.25, 0.3) is 16.3 Å². The Hall–Kier alpha value is -2.73. The molecule has 0 N–H and O–H groups in total. The highest BCUT2D eigenvalue weighted by Crippen LogP contribution is 2.30. The number of rotatable bonds is 4. The summed E-state index contributed by atoms with van der Waals surface area (Å²) in [6, 6.07) is 12.1. The molecule has 138 valence electrons. The molecule has 1 saturated heterocycles. The lowest BCUT2D eigenvalue weighted by molar-refractivity contribution is -0.126. The topological polar surface area (TPSA) is 49.3 Å². The number of amides is 1. The van der Waals surface area contributed by atoms with Gasteiger partial charge in [0.05, 0.1) is 5.39 Å². The number of hydrogen-bond donors (Lipinski definition) is 0. The van der Waals surface area contributed by atoms with Gasteiger partial charge in [-0.3, -0.25) is 4.79 Å². The monoisotopic (exact) mass is 378 g/mol. The summed E-state index contributed by atoms with van der Waals surface area (Å²) in [7, 11) is 0. The number of anilines is 1. The standard InChI is InChI=1S/C21H22N4OS/c1-2-17-14-18-20(22-15-23-21(18)27-17)25-12-10-24(11-13-25)19(26)9-8-16-6-4-3-5-7-16/h3-9,14-15H,2,10-13H2,1H3/b9-8+. The molecule has 0 aliphatic carbocycles. The number of nitrogens with zero attached hydrogens (tertiary/aromatic N) is 4. The summed E-state index contributed by atoms with van der Waals surface area (Å²) in [5.74, 6) is 1.05. The largest absolute Gasteiger partial charge is 0.352 e. The van der Waals surface area contributed by atoms with E-state index in [1.165, 1.54) is 4.88 Å². The normalized spacial score (nSPS) is 15.0. The van der Waals surface area contributed by atoms with Crippen LogP contribution in [-0.2, 0) is 11.2 Å². The van der Waals surface area contributed by atoms with Crippen LogP contribution in [-0.4, -0.2) is 47.0 Å². The Kier molecular flexibility index (Phi) is 5.16. The second-order valence-electron chi connectivity index (χ2n) is 6.54. The highest BCUT2D eigenvalue weighted by atomic mass is 32.1. The van der Waals surface area contributed by atoms with Crippen molar-refractivity contribution in [2.24, 2.45) is 0 Å². The highest BCUT2D eigenvalue weighted by Gasteiger charge is 2.22. The number of carbonyl (C=O) groups excluding carboxylic acids is 1. The molecular weight excluding hydrogens is 356 g/mol. The van der Waals surface area contributed by atoms with Crippen molar-refractivity contribution in [2.75, 3.05) is 31.1 Å². The summed E-state index contributed by atoms with van der Waals surface area (Å²) in [6.07, 6.45) is 6.20. The molecule has 6 heteroatoms. The molecule has 0 unspecified atom stereocenters. The number of aromatic nitrogens is 2. The number of aryl methyl sites for hydroxylation is 1. The fraction of sp³-hybridized carbons (Fsp3) is 0.286. The average molecular weight is 379 g/mol. The fourth-order valence-electron chi connectivity index (χ4n) is 3.29. The molecule has 1 fully saturated rings. The number of hydrogen-bond acceptors (Lipinski definition) is 5.